The summed E-state index contributed by atoms with van der Waals surface area (Å²) in [5.74, 6) is -0.304. The summed E-state index contributed by atoms with van der Waals surface area (Å²) in [6, 6.07) is 13.5. The Morgan fingerprint density at radius 1 is 1.04 bits per heavy atom. The van der Waals surface area contributed by atoms with Crippen LogP contribution in [0.5, 0.6) is 5.75 Å². The monoisotopic (exact) mass is 324 g/mol. The maximum atomic E-state index is 12.1. The number of carbonyl (C=O) groups excluding carboxylic acids is 1. The molecule has 0 heterocycles. The molecule has 0 unspecified atom stereocenters. The van der Waals surface area contributed by atoms with Crippen molar-refractivity contribution < 1.29 is 22.7 Å². The Morgan fingerprint density at radius 3 is 2.22 bits per heavy atom. The SMILES string of the molecule is C[C@@H](NC(=O)Nc1ccccc1)c1ccc(OC(F)(F)F)cc1. The summed E-state index contributed by atoms with van der Waals surface area (Å²) in [6.07, 6.45) is -4.72. The molecule has 2 N–H and O–H groups in total. The molecule has 2 aromatic carbocycles. The van der Waals surface area contributed by atoms with Crippen molar-refractivity contribution in [1.82, 2.24) is 5.32 Å². The molecule has 23 heavy (non-hydrogen) atoms. The lowest BCUT2D eigenvalue weighted by Gasteiger charge is -2.16. The van der Waals surface area contributed by atoms with Gasteiger partial charge in [0.1, 0.15) is 5.75 Å². The molecule has 2 aromatic rings. The topological polar surface area (TPSA) is 50.4 Å². The van der Waals surface area contributed by atoms with Gasteiger partial charge in [0, 0.05) is 5.69 Å². The first-order valence-electron chi connectivity index (χ1n) is 6.82. The Labute approximate surface area is 131 Å². The van der Waals surface area contributed by atoms with E-state index in [9.17, 15) is 18.0 Å². The fourth-order valence-electron chi connectivity index (χ4n) is 1.93. The van der Waals surface area contributed by atoms with Crippen LogP contribution in [0.1, 0.15) is 18.5 Å². The van der Waals surface area contributed by atoms with Crippen LogP contribution < -0.4 is 15.4 Å². The molecule has 0 aliphatic rings. The Morgan fingerprint density at radius 2 is 1.65 bits per heavy atom. The van der Waals surface area contributed by atoms with Crippen LogP contribution in [0.15, 0.2) is 54.6 Å². The van der Waals surface area contributed by atoms with Gasteiger partial charge in [0.2, 0.25) is 0 Å². The molecule has 0 aliphatic carbocycles. The minimum absolute atomic E-state index is 0.304. The van der Waals surface area contributed by atoms with E-state index >= 15 is 0 Å². The van der Waals surface area contributed by atoms with E-state index in [4.69, 9.17) is 0 Å². The Balaban J connectivity index is 1.92. The average Bonchev–Trinajstić information content (AvgIpc) is 2.47. The van der Waals surface area contributed by atoms with Crippen LogP contribution in [0.25, 0.3) is 0 Å². The second-order valence-electron chi connectivity index (χ2n) is 4.80. The van der Waals surface area contributed by atoms with Crippen molar-refractivity contribution in [3.05, 3.63) is 60.2 Å². The second-order valence-corrected chi connectivity index (χ2v) is 4.80. The lowest BCUT2D eigenvalue weighted by Crippen LogP contribution is -2.31. The highest BCUT2D eigenvalue weighted by molar-refractivity contribution is 5.89. The van der Waals surface area contributed by atoms with Crippen LogP contribution in [0, 0.1) is 0 Å². The predicted molar refractivity (Wildman–Crippen MR) is 80.1 cm³/mol. The molecule has 0 saturated heterocycles. The summed E-state index contributed by atoms with van der Waals surface area (Å²) in [6.45, 7) is 1.73. The summed E-state index contributed by atoms with van der Waals surface area (Å²) in [7, 11) is 0. The number of rotatable bonds is 4. The number of halogens is 3. The molecule has 0 bridgehead atoms. The van der Waals surface area contributed by atoms with Crippen LogP contribution in [-0.4, -0.2) is 12.4 Å². The highest BCUT2D eigenvalue weighted by Crippen LogP contribution is 2.24. The lowest BCUT2D eigenvalue weighted by molar-refractivity contribution is -0.274. The average molecular weight is 324 g/mol. The summed E-state index contributed by atoms with van der Waals surface area (Å²) in [5, 5.41) is 5.36. The van der Waals surface area contributed by atoms with Gasteiger partial charge >= 0.3 is 12.4 Å². The van der Waals surface area contributed by atoms with Gasteiger partial charge in [-0.2, -0.15) is 0 Å². The third kappa shape index (κ3) is 5.54. The van der Waals surface area contributed by atoms with E-state index < -0.39 is 12.4 Å². The Bertz CT molecular complexity index is 643. The number of hydrogen-bond donors (Lipinski definition) is 2. The molecule has 1 atom stereocenters. The number of carbonyl (C=O) groups is 1. The third-order valence-electron chi connectivity index (χ3n) is 2.99. The molecule has 0 fully saturated rings. The first-order chi connectivity index (χ1) is 10.8. The standard InChI is InChI=1S/C16H15F3N2O2/c1-11(20-15(22)21-13-5-3-2-4-6-13)12-7-9-14(10-8-12)23-16(17,18)19/h2-11H,1H3,(H2,20,21,22)/t11-/m1/s1. The number of alkyl halides is 3. The van der Waals surface area contributed by atoms with Crippen molar-refractivity contribution in [1.29, 1.82) is 0 Å². The highest BCUT2D eigenvalue weighted by Gasteiger charge is 2.31. The lowest BCUT2D eigenvalue weighted by atomic mass is 10.1. The van der Waals surface area contributed by atoms with Gasteiger partial charge in [0.25, 0.3) is 0 Å². The number of ether oxygens (including phenoxy) is 1. The molecule has 0 spiro atoms. The second kappa shape index (κ2) is 7.04. The van der Waals surface area contributed by atoms with Crippen LogP contribution >= 0.6 is 0 Å². The number of amides is 2. The minimum Gasteiger partial charge on any atom is -0.406 e. The summed E-state index contributed by atoms with van der Waals surface area (Å²) in [5.41, 5.74) is 1.30. The van der Waals surface area contributed by atoms with Gasteiger partial charge in [-0.3, -0.25) is 0 Å². The molecule has 0 aromatic heterocycles. The minimum atomic E-state index is -4.72. The van der Waals surface area contributed by atoms with Crippen molar-refractivity contribution in [2.75, 3.05) is 5.32 Å². The summed E-state index contributed by atoms with van der Waals surface area (Å²) in [4.78, 5) is 11.9. The number of hydrogen-bond acceptors (Lipinski definition) is 2. The molecular weight excluding hydrogens is 309 g/mol. The number of anilines is 1. The van der Waals surface area contributed by atoms with Crippen LogP contribution in [0.4, 0.5) is 23.7 Å². The molecule has 4 nitrogen and oxygen atoms in total. The Hall–Kier alpha value is -2.70. The molecule has 0 radical (unpaired) electrons. The fourth-order valence-corrected chi connectivity index (χ4v) is 1.93. The molecule has 0 aliphatic heterocycles. The van der Waals surface area contributed by atoms with Crippen molar-refractivity contribution in [3.8, 4) is 5.75 Å². The van der Waals surface area contributed by atoms with Gasteiger partial charge in [0.05, 0.1) is 6.04 Å². The van der Waals surface area contributed by atoms with E-state index in [0.717, 1.165) is 0 Å². The predicted octanol–water partition coefficient (Wildman–Crippen LogP) is 4.47. The molecule has 7 heteroatoms. The van der Waals surface area contributed by atoms with Gasteiger partial charge < -0.3 is 15.4 Å². The van der Waals surface area contributed by atoms with Gasteiger partial charge in [-0.1, -0.05) is 30.3 Å². The molecular formula is C16H15F3N2O2. The molecule has 2 rings (SSSR count). The maximum absolute atomic E-state index is 12.1. The maximum Gasteiger partial charge on any atom is 0.573 e. The van der Waals surface area contributed by atoms with E-state index in [-0.39, 0.29) is 11.8 Å². The number of nitrogens with one attached hydrogen (secondary N) is 2. The Kier molecular flexibility index (Phi) is 5.10. The van der Waals surface area contributed by atoms with Gasteiger partial charge in [0.15, 0.2) is 0 Å². The van der Waals surface area contributed by atoms with Gasteiger partial charge in [-0.05, 0) is 36.8 Å². The van der Waals surface area contributed by atoms with E-state index in [0.29, 0.717) is 11.3 Å². The highest BCUT2D eigenvalue weighted by atomic mass is 19.4. The van der Waals surface area contributed by atoms with E-state index in [1.807, 2.05) is 6.07 Å². The van der Waals surface area contributed by atoms with E-state index in [2.05, 4.69) is 15.4 Å². The third-order valence-corrected chi connectivity index (χ3v) is 2.99. The van der Waals surface area contributed by atoms with Crippen molar-refractivity contribution in [2.24, 2.45) is 0 Å². The quantitative estimate of drug-likeness (QED) is 0.872. The zero-order valence-electron chi connectivity index (χ0n) is 12.2. The number of para-hydroxylation sites is 1. The fraction of sp³-hybridized carbons (Fsp3) is 0.188. The molecule has 2 amide bonds. The van der Waals surface area contributed by atoms with Crippen molar-refractivity contribution in [3.63, 3.8) is 0 Å². The van der Waals surface area contributed by atoms with Crippen molar-refractivity contribution in [2.45, 2.75) is 19.3 Å². The van der Waals surface area contributed by atoms with Gasteiger partial charge in [-0.25, -0.2) is 4.79 Å². The van der Waals surface area contributed by atoms with E-state index in [1.165, 1.54) is 24.3 Å². The molecule has 0 saturated carbocycles. The number of urea groups is 1. The first kappa shape index (κ1) is 16.7. The van der Waals surface area contributed by atoms with Crippen LogP contribution in [0.2, 0.25) is 0 Å². The normalized spacial score (nSPS) is 12.3. The number of benzene rings is 2. The first-order valence-corrected chi connectivity index (χ1v) is 6.82. The smallest absolute Gasteiger partial charge is 0.406 e. The largest absolute Gasteiger partial charge is 0.573 e. The summed E-state index contributed by atoms with van der Waals surface area (Å²) < 4.78 is 40.1. The van der Waals surface area contributed by atoms with Crippen molar-refractivity contribution >= 4 is 11.7 Å². The van der Waals surface area contributed by atoms with E-state index in [1.54, 1.807) is 31.2 Å². The zero-order valence-corrected chi connectivity index (χ0v) is 12.2. The molecule has 122 valence electrons. The van der Waals surface area contributed by atoms with Gasteiger partial charge in [-0.15, -0.1) is 13.2 Å². The zero-order chi connectivity index (χ0) is 16.9. The van der Waals surface area contributed by atoms with Crippen LogP contribution in [0.3, 0.4) is 0 Å². The van der Waals surface area contributed by atoms with Crippen LogP contribution in [-0.2, 0) is 0 Å². The summed E-state index contributed by atoms with van der Waals surface area (Å²) >= 11 is 0.